The number of amides is 1. The summed E-state index contributed by atoms with van der Waals surface area (Å²) in [7, 11) is 0. The fourth-order valence-corrected chi connectivity index (χ4v) is 2.56. The summed E-state index contributed by atoms with van der Waals surface area (Å²) in [4.78, 5) is 14.4. The molecule has 0 spiro atoms. The zero-order valence-corrected chi connectivity index (χ0v) is 13.0. The normalized spacial score (nSPS) is 10.9. The van der Waals surface area contributed by atoms with Crippen molar-refractivity contribution < 1.29 is 9.18 Å². The first-order valence-electron chi connectivity index (χ1n) is 7.54. The highest BCUT2D eigenvalue weighted by atomic mass is 19.1. The number of nitrogens with zero attached hydrogens (tertiary/aromatic N) is 4. The Kier molecular flexibility index (Phi) is 4.06. The fourth-order valence-electron chi connectivity index (χ4n) is 2.56. The number of fused-ring (bicyclic) bond motifs is 1. The molecule has 6 heteroatoms. The van der Waals surface area contributed by atoms with E-state index in [1.807, 2.05) is 19.9 Å². The Balaban J connectivity index is 1.95. The first-order valence-corrected chi connectivity index (χ1v) is 7.54. The van der Waals surface area contributed by atoms with Gasteiger partial charge in [0.25, 0.3) is 5.91 Å². The van der Waals surface area contributed by atoms with Gasteiger partial charge in [0, 0.05) is 24.3 Å². The van der Waals surface area contributed by atoms with Crippen molar-refractivity contribution in [1.29, 1.82) is 0 Å². The number of aryl methyl sites for hydroxylation is 1. The number of carbonyl (C=O) groups excluding carboxylic acids is 1. The molecule has 3 aromatic rings. The quantitative estimate of drug-likeness (QED) is 0.743. The van der Waals surface area contributed by atoms with E-state index < -0.39 is 0 Å². The van der Waals surface area contributed by atoms with Crippen LogP contribution in [0.4, 0.5) is 10.1 Å². The van der Waals surface area contributed by atoms with Gasteiger partial charge in [0.05, 0.1) is 5.52 Å². The molecule has 0 aliphatic carbocycles. The van der Waals surface area contributed by atoms with E-state index in [1.165, 1.54) is 12.1 Å². The molecule has 5 nitrogen and oxygen atoms in total. The summed E-state index contributed by atoms with van der Waals surface area (Å²) < 4.78 is 14.8. The molecule has 0 unspecified atom stereocenters. The van der Waals surface area contributed by atoms with Crippen molar-refractivity contribution in [3.05, 3.63) is 53.8 Å². The third-order valence-corrected chi connectivity index (χ3v) is 3.76. The van der Waals surface area contributed by atoms with Gasteiger partial charge in [0.2, 0.25) is 0 Å². The van der Waals surface area contributed by atoms with Crippen LogP contribution in [0.3, 0.4) is 0 Å². The summed E-state index contributed by atoms with van der Waals surface area (Å²) >= 11 is 0. The minimum Gasteiger partial charge on any atom is -0.309 e. The molecule has 0 aliphatic heterocycles. The van der Waals surface area contributed by atoms with E-state index in [1.54, 1.807) is 33.8 Å². The second-order valence-electron chi connectivity index (χ2n) is 5.13. The van der Waals surface area contributed by atoms with Gasteiger partial charge in [0.15, 0.2) is 0 Å². The number of benzene rings is 2. The fraction of sp³-hybridized carbons (Fsp3) is 0.235. The third-order valence-electron chi connectivity index (χ3n) is 3.76. The maximum atomic E-state index is 13.1. The highest BCUT2D eigenvalue weighted by Crippen LogP contribution is 2.20. The molecule has 0 bridgehead atoms. The van der Waals surface area contributed by atoms with E-state index >= 15 is 0 Å². The van der Waals surface area contributed by atoms with Crippen LogP contribution in [0.5, 0.6) is 0 Å². The van der Waals surface area contributed by atoms with Crippen molar-refractivity contribution >= 4 is 22.6 Å². The SMILES string of the molecule is CCN(C(=O)c1ccc2c(c1)nnn2CC)c1ccc(F)cc1. The smallest absolute Gasteiger partial charge is 0.258 e. The van der Waals surface area contributed by atoms with Gasteiger partial charge in [-0.2, -0.15) is 0 Å². The molecule has 0 fully saturated rings. The Bertz CT molecular complexity index is 841. The van der Waals surface area contributed by atoms with Crippen molar-refractivity contribution in [3.63, 3.8) is 0 Å². The predicted molar refractivity (Wildman–Crippen MR) is 87.0 cm³/mol. The van der Waals surface area contributed by atoms with E-state index in [0.717, 1.165) is 12.1 Å². The molecule has 0 atom stereocenters. The Morgan fingerprint density at radius 3 is 2.57 bits per heavy atom. The van der Waals surface area contributed by atoms with Gasteiger partial charge in [-0.3, -0.25) is 4.79 Å². The van der Waals surface area contributed by atoms with E-state index in [4.69, 9.17) is 0 Å². The third kappa shape index (κ3) is 2.79. The number of anilines is 1. The largest absolute Gasteiger partial charge is 0.309 e. The lowest BCUT2D eigenvalue weighted by Crippen LogP contribution is -2.30. The summed E-state index contributed by atoms with van der Waals surface area (Å²) in [6, 6.07) is 11.3. The number of aromatic nitrogens is 3. The lowest BCUT2D eigenvalue weighted by Gasteiger charge is -2.21. The number of rotatable bonds is 4. The van der Waals surface area contributed by atoms with E-state index in [-0.39, 0.29) is 11.7 Å². The summed E-state index contributed by atoms with van der Waals surface area (Å²) in [5.41, 5.74) is 2.78. The van der Waals surface area contributed by atoms with Crippen LogP contribution in [-0.4, -0.2) is 27.4 Å². The first-order chi connectivity index (χ1) is 11.1. The lowest BCUT2D eigenvalue weighted by molar-refractivity contribution is 0.0988. The van der Waals surface area contributed by atoms with Gasteiger partial charge < -0.3 is 4.90 Å². The number of halogens is 1. The number of hydrogen-bond acceptors (Lipinski definition) is 3. The molecule has 0 radical (unpaired) electrons. The van der Waals surface area contributed by atoms with Crippen molar-refractivity contribution in [3.8, 4) is 0 Å². The van der Waals surface area contributed by atoms with Crippen molar-refractivity contribution in [1.82, 2.24) is 15.0 Å². The standard InChI is InChI=1S/C17H17FN4O/c1-3-21(14-8-6-13(18)7-9-14)17(23)12-5-10-16-15(11-12)19-20-22(16)4-2/h5-11H,3-4H2,1-2H3. The summed E-state index contributed by atoms with van der Waals surface area (Å²) in [6.07, 6.45) is 0. The summed E-state index contributed by atoms with van der Waals surface area (Å²) in [6.45, 7) is 5.08. The van der Waals surface area contributed by atoms with Gasteiger partial charge in [-0.15, -0.1) is 5.10 Å². The minimum atomic E-state index is -0.324. The maximum Gasteiger partial charge on any atom is 0.258 e. The van der Waals surface area contributed by atoms with Crippen LogP contribution in [0, 0.1) is 5.82 Å². The first kappa shape index (κ1) is 15.1. The highest BCUT2D eigenvalue weighted by molar-refractivity contribution is 6.07. The molecule has 23 heavy (non-hydrogen) atoms. The van der Waals surface area contributed by atoms with E-state index in [0.29, 0.717) is 23.3 Å². The predicted octanol–water partition coefficient (Wildman–Crippen LogP) is 3.26. The van der Waals surface area contributed by atoms with Crippen LogP contribution >= 0.6 is 0 Å². The molecule has 0 aliphatic rings. The molecule has 3 rings (SSSR count). The van der Waals surface area contributed by atoms with Gasteiger partial charge in [-0.1, -0.05) is 5.21 Å². The van der Waals surface area contributed by atoms with Crippen LogP contribution in [0.2, 0.25) is 0 Å². The van der Waals surface area contributed by atoms with Crippen LogP contribution in [0.15, 0.2) is 42.5 Å². The Morgan fingerprint density at radius 2 is 1.91 bits per heavy atom. The molecule has 0 N–H and O–H groups in total. The lowest BCUT2D eigenvalue weighted by atomic mass is 10.1. The van der Waals surface area contributed by atoms with Crippen LogP contribution in [0.25, 0.3) is 11.0 Å². The van der Waals surface area contributed by atoms with Crippen molar-refractivity contribution in [2.45, 2.75) is 20.4 Å². The average molecular weight is 312 g/mol. The number of hydrogen-bond donors (Lipinski definition) is 0. The molecule has 1 amide bonds. The molecule has 0 saturated carbocycles. The molecule has 1 heterocycles. The topological polar surface area (TPSA) is 51.0 Å². The summed E-state index contributed by atoms with van der Waals surface area (Å²) in [5, 5.41) is 8.14. The Labute approximate surface area is 133 Å². The molecular formula is C17H17FN4O. The zero-order valence-electron chi connectivity index (χ0n) is 13.0. The molecule has 1 aromatic heterocycles. The number of carbonyl (C=O) groups is 1. The molecule has 2 aromatic carbocycles. The second kappa shape index (κ2) is 6.16. The van der Waals surface area contributed by atoms with Crippen molar-refractivity contribution in [2.24, 2.45) is 0 Å². The van der Waals surface area contributed by atoms with Crippen LogP contribution < -0.4 is 4.90 Å². The Hall–Kier alpha value is -2.76. The van der Waals surface area contributed by atoms with Gasteiger partial charge in [-0.05, 0) is 56.3 Å². The summed E-state index contributed by atoms with van der Waals surface area (Å²) in [5.74, 6) is -0.470. The van der Waals surface area contributed by atoms with E-state index in [2.05, 4.69) is 10.3 Å². The molecule has 0 saturated heterocycles. The average Bonchev–Trinajstić information content (AvgIpc) is 2.99. The maximum absolute atomic E-state index is 13.1. The Morgan fingerprint density at radius 1 is 1.17 bits per heavy atom. The molecule has 118 valence electrons. The zero-order chi connectivity index (χ0) is 16.4. The minimum absolute atomic E-state index is 0.146. The highest BCUT2D eigenvalue weighted by Gasteiger charge is 2.17. The van der Waals surface area contributed by atoms with Gasteiger partial charge in [-0.25, -0.2) is 9.07 Å². The van der Waals surface area contributed by atoms with Crippen LogP contribution in [-0.2, 0) is 6.54 Å². The second-order valence-corrected chi connectivity index (χ2v) is 5.13. The molecular weight excluding hydrogens is 295 g/mol. The van der Waals surface area contributed by atoms with Crippen molar-refractivity contribution in [2.75, 3.05) is 11.4 Å². The van der Waals surface area contributed by atoms with Gasteiger partial charge >= 0.3 is 0 Å². The van der Waals surface area contributed by atoms with Gasteiger partial charge in [0.1, 0.15) is 11.3 Å². The monoisotopic (exact) mass is 312 g/mol. The van der Waals surface area contributed by atoms with E-state index in [9.17, 15) is 9.18 Å². The van der Waals surface area contributed by atoms with Crippen LogP contribution in [0.1, 0.15) is 24.2 Å².